The summed E-state index contributed by atoms with van der Waals surface area (Å²) < 4.78 is 6.13. The van der Waals surface area contributed by atoms with Gasteiger partial charge in [0.05, 0.1) is 12.6 Å². The van der Waals surface area contributed by atoms with Crippen LogP contribution in [0.5, 0.6) is 0 Å². The van der Waals surface area contributed by atoms with Crippen molar-refractivity contribution in [1.29, 1.82) is 0 Å². The second-order valence-electron chi connectivity index (χ2n) is 9.78. The van der Waals surface area contributed by atoms with E-state index < -0.39 is 6.10 Å². The Kier molecular flexibility index (Phi) is 9.96. The summed E-state index contributed by atoms with van der Waals surface area (Å²) in [6, 6.07) is 17.5. The molecule has 2 fully saturated rings. The first-order chi connectivity index (χ1) is 16.2. The Labute approximate surface area is 218 Å². The lowest BCUT2D eigenvalue weighted by molar-refractivity contribution is -0.163. The maximum absolute atomic E-state index is 13.4. The molecule has 184 valence electrons. The summed E-state index contributed by atoms with van der Waals surface area (Å²) in [6.45, 7) is 11.0. The molecule has 0 bridgehead atoms. The van der Waals surface area contributed by atoms with Gasteiger partial charge in [0.25, 0.3) is 5.91 Å². The van der Waals surface area contributed by atoms with Gasteiger partial charge in [-0.3, -0.25) is 4.79 Å². The van der Waals surface area contributed by atoms with Crippen molar-refractivity contribution in [2.45, 2.75) is 63.0 Å². The number of hydrogen-bond acceptors (Lipinski definition) is 3. The van der Waals surface area contributed by atoms with Crippen molar-refractivity contribution in [3.8, 4) is 0 Å². The van der Waals surface area contributed by atoms with Crippen LogP contribution in [0.1, 0.15) is 51.6 Å². The molecule has 1 heterocycles. The van der Waals surface area contributed by atoms with Crippen LogP contribution in [0.15, 0.2) is 67.3 Å². The number of morpholine rings is 1. The molecule has 3 atom stereocenters. The lowest BCUT2D eigenvalue weighted by Crippen LogP contribution is -2.55. The molecule has 6 heteroatoms. The van der Waals surface area contributed by atoms with E-state index in [9.17, 15) is 4.79 Å². The van der Waals surface area contributed by atoms with E-state index in [0.717, 1.165) is 16.3 Å². The minimum absolute atomic E-state index is 0.0537. The maximum Gasteiger partial charge on any atom is 0.252 e. The first-order valence-electron chi connectivity index (χ1n) is 11.8. The number of ether oxygens (including phenoxy) is 1. The number of hydrogen-bond donors (Lipinski definition) is 0. The smallest absolute Gasteiger partial charge is 0.252 e. The standard InChI is InChI=1S/C22H30ClNO2S.C6H5Cl/c1-5-6-20-21(25)24(19(16-7-8-16)14-27-22(2,3)4)18(13-26-20)15-9-11-17(23)12-10-15;7-6-4-2-1-3-5-6/h5,9-12,16,18-20H,1,6-8,13-14H2,2-4H3;1-5H/t18-,19?,20?;/m0./s1. The van der Waals surface area contributed by atoms with Crippen LogP contribution < -0.4 is 0 Å². The van der Waals surface area contributed by atoms with Gasteiger partial charge in [-0.05, 0) is 48.6 Å². The van der Waals surface area contributed by atoms with E-state index in [1.54, 1.807) is 6.08 Å². The normalized spacial score (nSPS) is 21.4. The van der Waals surface area contributed by atoms with E-state index in [1.165, 1.54) is 12.8 Å². The Bertz CT molecular complexity index is 926. The zero-order valence-electron chi connectivity index (χ0n) is 20.3. The number of nitrogens with zero attached hydrogens (tertiary/aromatic N) is 1. The maximum atomic E-state index is 13.4. The Balaban J connectivity index is 0.000000396. The van der Waals surface area contributed by atoms with Crippen molar-refractivity contribution in [3.05, 3.63) is 82.9 Å². The summed E-state index contributed by atoms with van der Waals surface area (Å²) in [5.41, 5.74) is 1.09. The van der Waals surface area contributed by atoms with Crippen molar-refractivity contribution in [1.82, 2.24) is 4.90 Å². The highest BCUT2D eigenvalue weighted by Gasteiger charge is 2.45. The van der Waals surface area contributed by atoms with Crippen LogP contribution >= 0.6 is 35.0 Å². The Morgan fingerprint density at radius 1 is 1.09 bits per heavy atom. The predicted molar refractivity (Wildman–Crippen MR) is 146 cm³/mol. The molecule has 1 amide bonds. The fourth-order valence-electron chi connectivity index (χ4n) is 4.01. The molecule has 0 N–H and O–H groups in total. The second kappa shape index (κ2) is 12.5. The number of carbonyl (C=O) groups excluding carboxylic acids is 1. The number of carbonyl (C=O) groups is 1. The highest BCUT2D eigenvalue weighted by molar-refractivity contribution is 8.00. The van der Waals surface area contributed by atoms with Crippen molar-refractivity contribution >= 4 is 40.9 Å². The summed E-state index contributed by atoms with van der Waals surface area (Å²) in [5.74, 6) is 1.67. The monoisotopic (exact) mass is 519 g/mol. The zero-order valence-corrected chi connectivity index (χ0v) is 22.6. The zero-order chi connectivity index (χ0) is 24.7. The van der Waals surface area contributed by atoms with Crippen LogP contribution in [0.4, 0.5) is 0 Å². The number of thioether (sulfide) groups is 1. The largest absolute Gasteiger partial charge is 0.366 e. The lowest BCUT2D eigenvalue weighted by Gasteiger charge is -2.44. The summed E-state index contributed by atoms with van der Waals surface area (Å²) in [5, 5.41) is 1.50. The summed E-state index contributed by atoms with van der Waals surface area (Å²) >= 11 is 13.6. The summed E-state index contributed by atoms with van der Waals surface area (Å²) in [7, 11) is 0. The first-order valence-corrected chi connectivity index (χ1v) is 13.6. The van der Waals surface area contributed by atoms with Gasteiger partial charge in [0, 0.05) is 33.0 Å². The van der Waals surface area contributed by atoms with E-state index in [-0.39, 0.29) is 22.7 Å². The van der Waals surface area contributed by atoms with Crippen molar-refractivity contribution in [2.75, 3.05) is 12.4 Å². The molecule has 1 saturated carbocycles. The van der Waals surface area contributed by atoms with E-state index in [4.69, 9.17) is 27.9 Å². The van der Waals surface area contributed by atoms with Gasteiger partial charge in [0.15, 0.2) is 0 Å². The molecule has 2 aliphatic rings. The molecule has 34 heavy (non-hydrogen) atoms. The molecule has 3 nitrogen and oxygen atoms in total. The molecule has 2 unspecified atom stereocenters. The van der Waals surface area contributed by atoms with Crippen molar-refractivity contribution < 1.29 is 9.53 Å². The van der Waals surface area contributed by atoms with Gasteiger partial charge in [-0.15, -0.1) is 6.58 Å². The lowest BCUT2D eigenvalue weighted by atomic mass is 9.98. The van der Waals surface area contributed by atoms with Crippen LogP contribution in [-0.4, -0.2) is 40.1 Å². The highest BCUT2D eigenvalue weighted by Crippen LogP contribution is 2.43. The SMILES string of the molecule is C=CCC1OC[C@@H](c2ccc(Cl)cc2)N(C(CSC(C)(C)C)C2CC2)C1=O.Clc1ccccc1. The van der Waals surface area contributed by atoms with E-state index in [0.29, 0.717) is 24.0 Å². The topological polar surface area (TPSA) is 29.5 Å². The fourth-order valence-corrected chi connectivity index (χ4v) is 5.38. The molecule has 4 rings (SSSR count). The van der Waals surface area contributed by atoms with Gasteiger partial charge in [-0.1, -0.05) is 80.4 Å². The third kappa shape index (κ3) is 8.05. The Hall–Kier alpha value is -1.46. The minimum atomic E-state index is -0.410. The summed E-state index contributed by atoms with van der Waals surface area (Å²) in [6.07, 6.45) is 4.34. The van der Waals surface area contributed by atoms with Crippen LogP contribution in [0.25, 0.3) is 0 Å². The van der Waals surface area contributed by atoms with Gasteiger partial charge >= 0.3 is 0 Å². The Morgan fingerprint density at radius 2 is 1.71 bits per heavy atom. The quantitative estimate of drug-likeness (QED) is 0.349. The molecular weight excluding hydrogens is 485 g/mol. The van der Waals surface area contributed by atoms with E-state index >= 15 is 0 Å². The van der Waals surface area contributed by atoms with Crippen molar-refractivity contribution in [3.63, 3.8) is 0 Å². The molecule has 2 aromatic carbocycles. The first kappa shape index (κ1) is 27.1. The van der Waals surface area contributed by atoms with Crippen LogP contribution in [-0.2, 0) is 9.53 Å². The second-order valence-corrected chi connectivity index (χ2v) is 12.5. The van der Waals surface area contributed by atoms with Crippen LogP contribution in [0.3, 0.4) is 0 Å². The van der Waals surface area contributed by atoms with Crippen molar-refractivity contribution in [2.24, 2.45) is 5.92 Å². The molecule has 1 aliphatic heterocycles. The predicted octanol–water partition coefficient (Wildman–Crippen LogP) is 7.83. The molecule has 0 aromatic heterocycles. The van der Waals surface area contributed by atoms with Gasteiger partial charge in [-0.25, -0.2) is 0 Å². The van der Waals surface area contributed by atoms with E-state index in [1.807, 2.05) is 66.4 Å². The average Bonchev–Trinajstić information content (AvgIpc) is 3.63. The third-order valence-corrected chi connectivity index (χ3v) is 7.78. The number of amides is 1. The van der Waals surface area contributed by atoms with E-state index in [2.05, 4.69) is 32.3 Å². The van der Waals surface area contributed by atoms with Gasteiger partial charge in [0.1, 0.15) is 6.10 Å². The molecule has 2 aromatic rings. The molecule has 0 radical (unpaired) electrons. The fraction of sp³-hybridized carbons (Fsp3) is 0.464. The summed E-state index contributed by atoms with van der Waals surface area (Å²) in [4.78, 5) is 15.5. The third-order valence-electron chi connectivity index (χ3n) is 5.90. The highest BCUT2D eigenvalue weighted by atomic mass is 35.5. The van der Waals surface area contributed by atoms with Crippen LogP contribution in [0, 0.1) is 5.92 Å². The number of benzene rings is 2. The molecular formula is C28H35Cl2NO2S. The molecule has 0 spiro atoms. The Morgan fingerprint density at radius 3 is 2.21 bits per heavy atom. The number of halogens is 2. The molecule has 1 aliphatic carbocycles. The van der Waals surface area contributed by atoms with Gasteiger partial charge in [-0.2, -0.15) is 11.8 Å². The number of rotatable bonds is 7. The van der Waals surface area contributed by atoms with Crippen LogP contribution in [0.2, 0.25) is 10.0 Å². The minimum Gasteiger partial charge on any atom is -0.366 e. The van der Waals surface area contributed by atoms with Gasteiger partial charge in [0.2, 0.25) is 0 Å². The van der Waals surface area contributed by atoms with Gasteiger partial charge < -0.3 is 9.64 Å². The average molecular weight is 521 g/mol. The molecule has 1 saturated heterocycles.